The van der Waals surface area contributed by atoms with Crippen LogP contribution in [-0.4, -0.2) is 48.0 Å². The lowest BCUT2D eigenvalue weighted by Crippen LogP contribution is -2.39. The predicted octanol–water partition coefficient (Wildman–Crippen LogP) is 3.23. The maximum absolute atomic E-state index is 6.30. The van der Waals surface area contributed by atoms with Crippen LogP contribution in [0.1, 0.15) is 36.5 Å². The smallest absolute Gasteiger partial charge is 0.191 e. The van der Waals surface area contributed by atoms with E-state index >= 15 is 0 Å². The van der Waals surface area contributed by atoms with Gasteiger partial charge in [-0.1, -0.05) is 24.1 Å². The lowest BCUT2D eigenvalue weighted by Gasteiger charge is -2.13. The molecular formula is C20H30ClIN6O. The zero-order chi connectivity index (χ0) is 19.8. The van der Waals surface area contributed by atoms with Crippen LogP contribution in [0.3, 0.4) is 0 Å². The first-order chi connectivity index (χ1) is 13.7. The number of hydrogen-bond donors (Lipinski definition) is 2. The van der Waals surface area contributed by atoms with Crippen molar-refractivity contribution in [3.05, 3.63) is 40.4 Å². The van der Waals surface area contributed by atoms with Crippen LogP contribution in [0.15, 0.2) is 23.2 Å². The second-order valence-electron chi connectivity index (χ2n) is 6.88. The highest BCUT2D eigenvalue weighted by atomic mass is 127. The number of methoxy groups -OCH3 is 1. The average molecular weight is 533 g/mol. The molecule has 29 heavy (non-hydrogen) atoms. The topological polar surface area (TPSA) is 76.4 Å². The van der Waals surface area contributed by atoms with Gasteiger partial charge in [-0.15, -0.1) is 34.2 Å². The minimum absolute atomic E-state index is 0. The molecule has 1 aromatic carbocycles. The maximum atomic E-state index is 6.30. The summed E-state index contributed by atoms with van der Waals surface area (Å²) in [6, 6.07) is 5.76. The summed E-state index contributed by atoms with van der Waals surface area (Å²) >= 11 is 6.30. The van der Waals surface area contributed by atoms with E-state index in [0.29, 0.717) is 0 Å². The standard InChI is InChI=1S/C20H29ClN6O.HI/c1-22-20(23-11-9-15-7-8-16(28-2)14-17(15)21)24-12-10-19-26-25-18-6-4-3-5-13-27(18)19;/h7-8,14H,3-6,9-13H2,1-2H3,(H2,22,23,24);1H. The number of rotatable bonds is 7. The Bertz CT molecular complexity index is 810. The van der Waals surface area contributed by atoms with Crippen molar-refractivity contribution in [1.82, 2.24) is 25.4 Å². The number of nitrogens with one attached hydrogen (secondary N) is 2. The zero-order valence-corrected chi connectivity index (χ0v) is 20.2. The Balaban J connectivity index is 0.00000300. The van der Waals surface area contributed by atoms with E-state index in [1.54, 1.807) is 14.2 Å². The summed E-state index contributed by atoms with van der Waals surface area (Å²) in [5, 5.41) is 16.1. The molecule has 0 atom stereocenters. The Morgan fingerprint density at radius 3 is 2.69 bits per heavy atom. The molecule has 0 unspecified atom stereocenters. The van der Waals surface area contributed by atoms with Crippen molar-refractivity contribution in [2.75, 3.05) is 27.2 Å². The monoisotopic (exact) mass is 532 g/mol. The molecule has 1 aliphatic rings. The van der Waals surface area contributed by atoms with E-state index in [1.165, 1.54) is 19.3 Å². The van der Waals surface area contributed by atoms with E-state index in [1.807, 2.05) is 18.2 Å². The molecule has 0 radical (unpaired) electrons. The van der Waals surface area contributed by atoms with E-state index in [0.717, 1.165) is 72.8 Å². The molecule has 0 aliphatic carbocycles. The molecule has 7 nitrogen and oxygen atoms in total. The van der Waals surface area contributed by atoms with Crippen LogP contribution >= 0.6 is 35.6 Å². The Labute approximate surface area is 194 Å². The predicted molar refractivity (Wildman–Crippen MR) is 128 cm³/mol. The van der Waals surface area contributed by atoms with Crippen LogP contribution < -0.4 is 15.4 Å². The number of benzene rings is 1. The molecule has 1 aromatic heterocycles. The fourth-order valence-electron chi connectivity index (χ4n) is 3.42. The number of nitrogens with zero attached hydrogens (tertiary/aromatic N) is 4. The number of aromatic nitrogens is 3. The molecule has 0 saturated carbocycles. The van der Waals surface area contributed by atoms with Crippen molar-refractivity contribution in [2.45, 2.75) is 45.1 Å². The SMILES string of the molecule is CN=C(NCCc1ccc(OC)cc1Cl)NCCc1nnc2n1CCCCC2.I. The molecule has 9 heteroatoms. The summed E-state index contributed by atoms with van der Waals surface area (Å²) in [5.41, 5.74) is 1.08. The van der Waals surface area contributed by atoms with E-state index in [4.69, 9.17) is 16.3 Å². The molecule has 0 saturated heterocycles. The van der Waals surface area contributed by atoms with Crippen LogP contribution in [0.2, 0.25) is 5.02 Å². The zero-order valence-electron chi connectivity index (χ0n) is 17.1. The van der Waals surface area contributed by atoms with Crippen molar-refractivity contribution >= 4 is 41.5 Å². The fraction of sp³-hybridized carbons (Fsp3) is 0.550. The molecule has 2 aromatic rings. The highest BCUT2D eigenvalue weighted by Gasteiger charge is 2.14. The number of ether oxygens (including phenoxy) is 1. The molecule has 3 rings (SSSR count). The summed E-state index contributed by atoms with van der Waals surface area (Å²) in [5.74, 6) is 3.74. The van der Waals surface area contributed by atoms with Crippen LogP contribution in [0.25, 0.3) is 0 Å². The number of guanidine groups is 1. The first-order valence-corrected chi connectivity index (χ1v) is 10.3. The van der Waals surface area contributed by atoms with Gasteiger partial charge in [-0.3, -0.25) is 4.99 Å². The number of hydrogen-bond acceptors (Lipinski definition) is 4. The van der Waals surface area contributed by atoms with Gasteiger partial charge in [0.05, 0.1) is 7.11 Å². The van der Waals surface area contributed by atoms with E-state index in [-0.39, 0.29) is 24.0 Å². The summed E-state index contributed by atoms with van der Waals surface area (Å²) in [6.45, 7) is 2.54. The van der Waals surface area contributed by atoms with Crippen LogP contribution in [0.5, 0.6) is 5.75 Å². The second-order valence-corrected chi connectivity index (χ2v) is 7.29. The highest BCUT2D eigenvalue weighted by Crippen LogP contribution is 2.22. The van der Waals surface area contributed by atoms with Crippen molar-refractivity contribution in [3.8, 4) is 5.75 Å². The molecule has 0 amide bonds. The summed E-state index contributed by atoms with van der Waals surface area (Å²) in [6.07, 6.45) is 6.38. The average Bonchev–Trinajstić information content (AvgIpc) is 2.94. The normalized spacial score (nSPS) is 13.8. The minimum Gasteiger partial charge on any atom is -0.497 e. The van der Waals surface area contributed by atoms with E-state index < -0.39 is 0 Å². The van der Waals surface area contributed by atoms with Gasteiger partial charge >= 0.3 is 0 Å². The van der Waals surface area contributed by atoms with Gasteiger partial charge in [0, 0.05) is 44.5 Å². The lowest BCUT2D eigenvalue weighted by molar-refractivity contribution is 0.414. The number of fused-ring (bicyclic) bond motifs is 1. The number of halogens is 2. The van der Waals surface area contributed by atoms with Gasteiger partial charge < -0.3 is 19.9 Å². The van der Waals surface area contributed by atoms with Crippen LogP contribution in [-0.2, 0) is 25.8 Å². The van der Waals surface area contributed by atoms with Crippen molar-refractivity contribution in [3.63, 3.8) is 0 Å². The highest BCUT2D eigenvalue weighted by molar-refractivity contribution is 14.0. The molecule has 2 heterocycles. The molecule has 2 N–H and O–H groups in total. The third kappa shape index (κ3) is 6.74. The third-order valence-electron chi connectivity index (χ3n) is 5.00. The Hall–Kier alpha value is -1.55. The van der Waals surface area contributed by atoms with Gasteiger partial charge in [0.15, 0.2) is 5.96 Å². The molecule has 1 aliphatic heterocycles. The number of aryl methyl sites for hydroxylation is 1. The van der Waals surface area contributed by atoms with Gasteiger partial charge in [0.2, 0.25) is 0 Å². The molecule has 160 valence electrons. The van der Waals surface area contributed by atoms with Crippen molar-refractivity contribution in [2.24, 2.45) is 4.99 Å². The molecule has 0 fully saturated rings. The largest absolute Gasteiger partial charge is 0.497 e. The summed E-state index contributed by atoms with van der Waals surface area (Å²) < 4.78 is 7.47. The fourth-order valence-corrected chi connectivity index (χ4v) is 3.68. The van der Waals surface area contributed by atoms with Gasteiger partial charge in [-0.25, -0.2) is 0 Å². The first kappa shape index (κ1) is 23.7. The van der Waals surface area contributed by atoms with Gasteiger partial charge in [0.25, 0.3) is 0 Å². The lowest BCUT2D eigenvalue weighted by atomic mass is 10.1. The second kappa shape index (κ2) is 12.2. The Morgan fingerprint density at radius 2 is 1.97 bits per heavy atom. The first-order valence-electron chi connectivity index (χ1n) is 9.89. The van der Waals surface area contributed by atoms with Gasteiger partial charge in [-0.05, 0) is 37.0 Å². The van der Waals surface area contributed by atoms with Crippen molar-refractivity contribution in [1.29, 1.82) is 0 Å². The van der Waals surface area contributed by atoms with E-state index in [9.17, 15) is 0 Å². The van der Waals surface area contributed by atoms with Crippen LogP contribution in [0.4, 0.5) is 0 Å². The Kier molecular flexibility index (Phi) is 9.99. The Morgan fingerprint density at radius 1 is 1.17 bits per heavy atom. The quantitative estimate of drug-likeness (QED) is 0.325. The van der Waals surface area contributed by atoms with Gasteiger partial charge in [0.1, 0.15) is 17.4 Å². The molecule has 0 bridgehead atoms. The van der Waals surface area contributed by atoms with Crippen LogP contribution in [0, 0.1) is 0 Å². The number of aliphatic imine (C=N–C) groups is 1. The molecule has 0 spiro atoms. The van der Waals surface area contributed by atoms with Crippen molar-refractivity contribution < 1.29 is 4.74 Å². The third-order valence-corrected chi connectivity index (χ3v) is 5.35. The minimum atomic E-state index is 0. The summed E-state index contributed by atoms with van der Waals surface area (Å²) in [7, 11) is 3.41. The van der Waals surface area contributed by atoms with E-state index in [2.05, 4.69) is 30.4 Å². The van der Waals surface area contributed by atoms with Gasteiger partial charge in [-0.2, -0.15) is 0 Å². The maximum Gasteiger partial charge on any atom is 0.191 e. The molecular weight excluding hydrogens is 503 g/mol. The summed E-state index contributed by atoms with van der Waals surface area (Å²) in [4.78, 5) is 4.29.